The van der Waals surface area contributed by atoms with E-state index in [0.29, 0.717) is 6.61 Å². The molecule has 138 valence electrons. The average Bonchev–Trinajstić information content (AvgIpc) is 2.82. The van der Waals surface area contributed by atoms with E-state index >= 15 is 0 Å². The first kappa shape index (κ1) is 17.1. The Morgan fingerprint density at radius 1 is 1.12 bits per heavy atom. The number of benzene rings is 2. The maximum atomic E-state index is 6.28. The van der Waals surface area contributed by atoms with Crippen LogP contribution in [0.5, 0.6) is 5.75 Å². The van der Waals surface area contributed by atoms with E-state index < -0.39 is 0 Å². The van der Waals surface area contributed by atoms with Gasteiger partial charge in [0.1, 0.15) is 12.4 Å². The fraction of sp³-hybridized carbons (Fsp3) is 0.455. The Labute approximate surface area is 156 Å². The third kappa shape index (κ3) is 2.14. The van der Waals surface area contributed by atoms with Crippen LogP contribution in [0.25, 0.3) is 0 Å². The van der Waals surface area contributed by atoms with Crippen molar-refractivity contribution in [3.63, 3.8) is 0 Å². The van der Waals surface area contributed by atoms with Gasteiger partial charge in [-0.1, -0.05) is 32.0 Å². The highest BCUT2D eigenvalue weighted by Gasteiger charge is 2.57. The topological polar surface area (TPSA) is 27.7 Å². The molecule has 1 spiro atoms. The number of anilines is 3. The van der Waals surface area contributed by atoms with E-state index in [9.17, 15) is 0 Å². The van der Waals surface area contributed by atoms with E-state index in [1.54, 1.807) is 0 Å². The van der Waals surface area contributed by atoms with Crippen molar-refractivity contribution < 1.29 is 4.74 Å². The lowest BCUT2D eigenvalue weighted by molar-refractivity contribution is 0.165. The molecular weight excluding hydrogens is 322 g/mol. The quantitative estimate of drug-likeness (QED) is 0.883. The van der Waals surface area contributed by atoms with Gasteiger partial charge in [-0.15, -0.1) is 0 Å². The predicted molar refractivity (Wildman–Crippen MR) is 110 cm³/mol. The lowest BCUT2D eigenvalue weighted by Gasteiger charge is -2.49. The van der Waals surface area contributed by atoms with E-state index in [4.69, 9.17) is 4.74 Å². The number of rotatable bonds is 3. The van der Waals surface area contributed by atoms with Gasteiger partial charge in [-0.2, -0.15) is 0 Å². The molecule has 2 aromatic rings. The highest BCUT2D eigenvalue weighted by molar-refractivity contribution is 5.74. The van der Waals surface area contributed by atoms with Crippen LogP contribution in [-0.4, -0.2) is 32.4 Å². The highest BCUT2D eigenvalue weighted by Crippen LogP contribution is 2.53. The summed E-state index contributed by atoms with van der Waals surface area (Å²) >= 11 is 0. The number of fused-ring (bicyclic) bond motifs is 2. The van der Waals surface area contributed by atoms with Gasteiger partial charge in [0.25, 0.3) is 0 Å². The maximum Gasteiger partial charge on any atom is 0.155 e. The van der Waals surface area contributed by atoms with Crippen molar-refractivity contribution in [2.24, 2.45) is 0 Å². The van der Waals surface area contributed by atoms with Crippen LogP contribution < -0.4 is 19.9 Å². The molecule has 1 N–H and O–H groups in total. The van der Waals surface area contributed by atoms with Crippen molar-refractivity contribution in [3.05, 3.63) is 48.0 Å². The summed E-state index contributed by atoms with van der Waals surface area (Å²) in [6.45, 7) is 11.6. The van der Waals surface area contributed by atoms with Crippen LogP contribution in [-0.2, 0) is 5.41 Å². The lowest BCUT2D eigenvalue weighted by Crippen LogP contribution is -2.65. The molecule has 1 atom stereocenters. The summed E-state index contributed by atoms with van der Waals surface area (Å²) in [5.41, 5.74) is 4.57. The molecule has 0 saturated carbocycles. The average molecular weight is 351 g/mol. The van der Waals surface area contributed by atoms with Gasteiger partial charge in [-0.3, -0.25) is 0 Å². The minimum absolute atomic E-state index is 0.0821. The van der Waals surface area contributed by atoms with Crippen LogP contribution >= 0.6 is 0 Å². The molecule has 0 aliphatic carbocycles. The van der Waals surface area contributed by atoms with Gasteiger partial charge in [0.15, 0.2) is 5.66 Å². The Morgan fingerprint density at radius 3 is 2.54 bits per heavy atom. The van der Waals surface area contributed by atoms with Crippen LogP contribution in [0.1, 0.15) is 33.3 Å². The molecule has 0 radical (unpaired) electrons. The van der Waals surface area contributed by atoms with E-state index in [0.717, 1.165) is 24.5 Å². The fourth-order valence-electron chi connectivity index (χ4n) is 4.63. The van der Waals surface area contributed by atoms with Crippen LogP contribution in [0.2, 0.25) is 0 Å². The Balaban J connectivity index is 1.77. The zero-order valence-corrected chi connectivity index (χ0v) is 16.5. The second-order valence-corrected chi connectivity index (χ2v) is 7.83. The summed E-state index contributed by atoms with van der Waals surface area (Å²) in [4.78, 5) is 4.72. The van der Waals surface area contributed by atoms with Crippen molar-refractivity contribution in [1.29, 1.82) is 0 Å². The smallest absolute Gasteiger partial charge is 0.155 e. The number of ether oxygens (including phenoxy) is 1. The van der Waals surface area contributed by atoms with Crippen LogP contribution in [0.15, 0.2) is 42.5 Å². The van der Waals surface area contributed by atoms with Crippen molar-refractivity contribution in [2.45, 2.75) is 38.8 Å². The zero-order chi connectivity index (χ0) is 18.5. The summed E-state index contributed by atoms with van der Waals surface area (Å²) < 4.78 is 6.28. The van der Waals surface area contributed by atoms with Gasteiger partial charge in [0.2, 0.25) is 0 Å². The molecule has 0 amide bonds. The Bertz CT molecular complexity index is 828. The SMILES string of the molecule is CCN(CC)c1ccc2c(c1)NC1(CO2)N(C)c2ccccc2C1(C)C. The van der Waals surface area contributed by atoms with Gasteiger partial charge in [0.05, 0.1) is 5.69 Å². The second kappa shape index (κ2) is 5.83. The standard InChI is InChI=1S/C22H29N3O/c1-6-25(7-2)16-12-13-20-18(14-16)23-22(15-26-20)21(3,4)17-10-8-9-11-19(17)24(22)5/h8-14,23H,6-7,15H2,1-5H3. The summed E-state index contributed by atoms with van der Waals surface area (Å²) in [5, 5.41) is 3.88. The van der Waals surface area contributed by atoms with E-state index in [2.05, 4.69) is 92.3 Å². The molecule has 0 fully saturated rings. The molecule has 0 aromatic heterocycles. The predicted octanol–water partition coefficient (Wildman–Crippen LogP) is 4.46. The van der Waals surface area contributed by atoms with E-state index in [-0.39, 0.29) is 11.1 Å². The normalized spacial score (nSPS) is 22.4. The molecule has 1 unspecified atom stereocenters. The molecule has 0 bridgehead atoms. The van der Waals surface area contributed by atoms with Gasteiger partial charge in [-0.25, -0.2) is 0 Å². The van der Waals surface area contributed by atoms with Crippen molar-refractivity contribution >= 4 is 17.1 Å². The molecule has 4 nitrogen and oxygen atoms in total. The molecule has 0 saturated heterocycles. The van der Waals surface area contributed by atoms with Gasteiger partial charge in [-0.05, 0) is 43.7 Å². The zero-order valence-electron chi connectivity index (χ0n) is 16.5. The monoisotopic (exact) mass is 351 g/mol. The molecule has 2 aliphatic heterocycles. The Kier molecular flexibility index (Phi) is 3.83. The third-order valence-corrected chi connectivity index (χ3v) is 6.42. The van der Waals surface area contributed by atoms with Crippen LogP contribution in [0.4, 0.5) is 17.1 Å². The van der Waals surface area contributed by atoms with E-state index in [1.165, 1.54) is 16.9 Å². The number of nitrogens with one attached hydrogen (secondary N) is 1. The first-order chi connectivity index (χ1) is 12.4. The molecule has 4 heteroatoms. The fourth-order valence-corrected chi connectivity index (χ4v) is 4.63. The number of hydrogen-bond donors (Lipinski definition) is 1. The lowest BCUT2D eigenvalue weighted by atomic mass is 9.75. The first-order valence-electron chi connectivity index (χ1n) is 9.58. The first-order valence-corrected chi connectivity index (χ1v) is 9.58. The second-order valence-electron chi connectivity index (χ2n) is 7.83. The molecule has 4 rings (SSSR count). The number of likely N-dealkylation sites (N-methyl/N-ethyl adjacent to an activating group) is 1. The van der Waals surface area contributed by atoms with Crippen LogP contribution in [0.3, 0.4) is 0 Å². The van der Waals surface area contributed by atoms with Gasteiger partial charge in [0, 0.05) is 36.9 Å². The Hall–Kier alpha value is -2.36. The minimum atomic E-state index is -0.300. The third-order valence-electron chi connectivity index (χ3n) is 6.42. The number of para-hydroxylation sites is 1. The summed E-state index contributed by atoms with van der Waals surface area (Å²) in [6, 6.07) is 15.2. The van der Waals surface area contributed by atoms with Gasteiger partial charge >= 0.3 is 0 Å². The van der Waals surface area contributed by atoms with Crippen molar-refractivity contribution in [1.82, 2.24) is 0 Å². The largest absolute Gasteiger partial charge is 0.487 e. The summed E-state index contributed by atoms with van der Waals surface area (Å²) in [7, 11) is 2.17. The minimum Gasteiger partial charge on any atom is -0.487 e. The molecular formula is C22H29N3O. The molecule has 2 aromatic carbocycles. The molecule has 26 heavy (non-hydrogen) atoms. The van der Waals surface area contributed by atoms with Crippen molar-refractivity contribution in [2.75, 3.05) is 41.9 Å². The molecule has 2 aliphatic rings. The van der Waals surface area contributed by atoms with Gasteiger partial charge < -0.3 is 19.9 Å². The maximum absolute atomic E-state index is 6.28. The highest BCUT2D eigenvalue weighted by atomic mass is 16.5. The van der Waals surface area contributed by atoms with Crippen LogP contribution in [0, 0.1) is 0 Å². The van der Waals surface area contributed by atoms with E-state index in [1.807, 2.05) is 0 Å². The summed E-state index contributed by atoms with van der Waals surface area (Å²) in [5.74, 6) is 0.937. The number of hydrogen-bond acceptors (Lipinski definition) is 4. The summed E-state index contributed by atoms with van der Waals surface area (Å²) in [6.07, 6.45) is 0. The Morgan fingerprint density at radius 2 is 1.85 bits per heavy atom. The number of nitrogens with zero attached hydrogens (tertiary/aromatic N) is 2. The molecule has 2 heterocycles. The van der Waals surface area contributed by atoms with Crippen molar-refractivity contribution in [3.8, 4) is 5.75 Å².